The number of ether oxygens (including phenoxy) is 1. The van der Waals surface area contributed by atoms with Crippen LogP contribution in [0, 0.1) is 0 Å². The summed E-state index contributed by atoms with van der Waals surface area (Å²) in [6, 6.07) is 0. The van der Waals surface area contributed by atoms with Crippen LogP contribution >= 0.6 is 0 Å². The maximum absolute atomic E-state index is 9.00. The van der Waals surface area contributed by atoms with E-state index in [1.54, 1.807) is 0 Å². The van der Waals surface area contributed by atoms with Gasteiger partial charge in [-0.1, -0.05) is 0 Å². The summed E-state index contributed by atoms with van der Waals surface area (Å²) < 4.78 is 5.07. The minimum atomic E-state index is -0.833. The summed E-state index contributed by atoms with van der Waals surface area (Å²) >= 11 is 0. The molecule has 1 heterocycles. The first-order valence-electron chi connectivity index (χ1n) is 5.36. The topological polar surface area (TPSA) is 121 Å². The van der Waals surface area contributed by atoms with Crippen molar-refractivity contribution in [3.8, 4) is 0 Å². The van der Waals surface area contributed by atoms with Crippen LogP contribution in [0.2, 0.25) is 0 Å². The predicted octanol–water partition coefficient (Wildman–Crippen LogP) is 1.46. The van der Waals surface area contributed by atoms with Crippen molar-refractivity contribution in [1.82, 2.24) is 0 Å². The summed E-state index contributed by atoms with van der Waals surface area (Å²) in [6.45, 7) is 5.25. The molecule has 0 aromatic heterocycles. The summed E-state index contributed by atoms with van der Waals surface area (Å²) in [6.07, 6.45) is 3.93. The third-order valence-corrected chi connectivity index (χ3v) is 1.08. The second kappa shape index (κ2) is 17.8. The van der Waals surface area contributed by atoms with E-state index in [0.717, 1.165) is 34.0 Å². The third-order valence-electron chi connectivity index (χ3n) is 1.08. The Balaban J connectivity index is -0.000000171. The van der Waals surface area contributed by atoms with Crippen molar-refractivity contribution in [2.75, 3.05) is 13.2 Å². The van der Waals surface area contributed by atoms with Crippen molar-refractivity contribution in [2.45, 2.75) is 40.0 Å². The molecule has 3 N–H and O–H groups in total. The average Bonchev–Trinajstić information content (AvgIpc) is 2.17. The molecule has 7 heteroatoms. The molecule has 0 atom stereocenters. The standard InChI is InChI=1S/C5H10O.3C2H4O2/c1-2-4-6-5-3-1;3*1-2(3)4/h1-5H2;3*1H3,(H,3,4). The maximum Gasteiger partial charge on any atom is 0.300 e. The van der Waals surface area contributed by atoms with Gasteiger partial charge in [0.25, 0.3) is 17.9 Å². The molecule has 0 aromatic carbocycles. The van der Waals surface area contributed by atoms with E-state index in [1.807, 2.05) is 0 Å². The molecule has 0 aromatic rings. The molecule has 1 saturated heterocycles. The molecular formula is C11H22O7. The fraction of sp³-hybridized carbons (Fsp3) is 0.727. The Morgan fingerprint density at radius 2 is 0.944 bits per heavy atom. The van der Waals surface area contributed by atoms with Gasteiger partial charge < -0.3 is 20.1 Å². The smallest absolute Gasteiger partial charge is 0.300 e. The largest absolute Gasteiger partial charge is 0.481 e. The lowest BCUT2D eigenvalue weighted by molar-refractivity contribution is -0.135. The quantitative estimate of drug-likeness (QED) is 0.606. The normalized spacial score (nSPS) is 12.2. The van der Waals surface area contributed by atoms with Crippen LogP contribution in [0.1, 0.15) is 40.0 Å². The molecule has 0 amide bonds. The van der Waals surface area contributed by atoms with E-state index in [4.69, 9.17) is 34.4 Å². The van der Waals surface area contributed by atoms with E-state index >= 15 is 0 Å². The van der Waals surface area contributed by atoms with Gasteiger partial charge >= 0.3 is 0 Å². The van der Waals surface area contributed by atoms with Crippen molar-refractivity contribution in [1.29, 1.82) is 0 Å². The SMILES string of the molecule is C1CCOCC1.CC(=O)O.CC(=O)O.CC(=O)O. The van der Waals surface area contributed by atoms with Gasteiger partial charge in [-0.05, 0) is 19.3 Å². The number of carboxylic acid groups (broad SMARTS) is 3. The summed E-state index contributed by atoms with van der Waals surface area (Å²) in [5.74, 6) is -2.50. The van der Waals surface area contributed by atoms with Gasteiger partial charge in [-0.2, -0.15) is 0 Å². The molecule has 0 bridgehead atoms. The van der Waals surface area contributed by atoms with Gasteiger partial charge in [-0.25, -0.2) is 0 Å². The Labute approximate surface area is 106 Å². The van der Waals surface area contributed by atoms with Gasteiger partial charge in [0.05, 0.1) is 0 Å². The Kier molecular flexibility index (Phi) is 21.3. The Morgan fingerprint density at radius 3 is 1.00 bits per heavy atom. The number of aliphatic carboxylic acids is 3. The summed E-state index contributed by atoms with van der Waals surface area (Å²) in [5.41, 5.74) is 0. The molecular weight excluding hydrogens is 244 g/mol. The van der Waals surface area contributed by atoms with Gasteiger partial charge in [-0.3, -0.25) is 14.4 Å². The van der Waals surface area contributed by atoms with E-state index in [0.29, 0.717) is 0 Å². The average molecular weight is 266 g/mol. The van der Waals surface area contributed by atoms with Gasteiger partial charge in [-0.15, -0.1) is 0 Å². The van der Waals surface area contributed by atoms with E-state index in [9.17, 15) is 0 Å². The predicted molar refractivity (Wildman–Crippen MR) is 64.6 cm³/mol. The van der Waals surface area contributed by atoms with Crippen molar-refractivity contribution >= 4 is 17.9 Å². The summed E-state index contributed by atoms with van der Waals surface area (Å²) in [7, 11) is 0. The van der Waals surface area contributed by atoms with Crippen molar-refractivity contribution < 1.29 is 34.4 Å². The van der Waals surface area contributed by atoms with Crippen LogP contribution in [0.15, 0.2) is 0 Å². The number of hydrogen-bond donors (Lipinski definition) is 3. The lowest BCUT2D eigenvalue weighted by Gasteiger charge is -2.08. The Bertz CT molecular complexity index is 169. The zero-order chi connectivity index (χ0) is 15.0. The Hall–Kier alpha value is -1.63. The highest BCUT2D eigenvalue weighted by atomic mass is 16.5. The van der Waals surface area contributed by atoms with Crippen LogP contribution in [0.4, 0.5) is 0 Å². The van der Waals surface area contributed by atoms with Crippen molar-refractivity contribution in [3.05, 3.63) is 0 Å². The van der Waals surface area contributed by atoms with Crippen molar-refractivity contribution in [3.63, 3.8) is 0 Å². The van der Waals surface area contributed by atoms with E-state index in [1.165, 1.54) is 19.3 Å². The number of rotatable bonds is 0. The lowest BCUT2D eigenvalue weighted by atomic mass is 10.2. The fourth-order valence-corrected chi connectivity index (χ4v) is 0.687. The zero-order valence-electron chi connectivity index (χ0n) is 11.0. The highest BCUT2D eigenvalue weighted by molar-refractivity contribution is 5.63. The van der Waals surface area contributed by atoms with Crippen LogP contribution in [-0.4, -0.2) is 46.4 Å². The van der Waals surface area contributed by atoms with Gasteiger partial charge in [0.15, 0.2) is 0 Å². The van der Waals surface area contributed by atoms with Gasteiger partial charge in [0.2, 0.25) is 0 Å². The first-order valence-corrected chi connectivity index (χ1v) is 5.36. The van der Waals surface area contributed by atoms with E-state index in [-0.39, 0.29) is 0 Å². The first-order chi connectivity index (χ1) is 8.20. The fourth-order valence-electron chi connectivity index (χ4n) is 0.687. The molecule has 1 rings (SSSR count). The second-order valence-electron chi connectivity index (χ2n) is 3.23. The minimum Gasteiger partial charge on any atom is -0.481 e. The molecule has 1 fully saturated rings. The molecule has 0 saturated carbocycles. The van der Waals surface area contributed by atoms with E-state index < -0.39 is 17.9 Å². The van der Waals surface area contributed by atoms with E-state index in [2.05, 4.69) is 0 Å². The summed E-state index contributed by atoms with van der Waals surface area (Å²) in [4.78, 5) is 27.0. The van der Waals surface area contributed by atoms with Crippen molar-refractivity contribution in [2.24, 2.45) is 0 Å². The number of carboxylic acids is 3. The van der Waals surface area contributed by atoms with Crippen LogP contribution in [-0.2, 0) is 19.1 Å². The molecule has 0 unspecified atom stereocenters. The van der Waals surface area contributed by atoms with Crippen LogP contribution in [0.3, 0.4) is 0 Å². The molecule has 0 aliphatic carbocycles. The number of carbonyl (C=O) groups is 3. The third kappa shape index (κ3) is 135. The summed E-state index contributed by atoms with van der Waals surface area (Å²) in [5, 5.41) is 22.2. The number of hydrogen-bond acceptors (Lipinski definition) is 4. The first kappa shape index (κ1) is 21.6. The Morgan fingerprint density at radius 1 is 0.722 bits per heavy atom. The molecule has 108 valence electrons. The lowest BCUT2D eigenvalue weighted by Crippen LogP contribution is -2.03. The highest BCUT2D eigenvalue weighted by Gasteiger charge is 1.95. The molecule has 18 heavy (non-hydrogen) atoms. The minimum absolute atomic E-state index is 0.833. The highest BCUT2D eigenvalue weighted by Crippen LogP contribution is 2.02. The molecule has 0 spiro atoms. The maximum atomic E-state index is 9.00. The second-order valence-corrected chi connectivity index (χ2v) is 3.23. The monoisotopic (exact) mass is 266 g/mol. The van der Waals surface area contributed by atoms with Crippen LogP contribution in [0.5, 0.6) is 0 Å². The molecule has 0 radical (unpaired) electrons. The van der Waals surface area contributed by atoms with Gasteiger partial charge in [0, 0.05) is 34.0 Å². The van der Waals surface area contributed by atoms with Gasteiger partial charge in [0.1, 0.15) is 0 Å². The van der Waals surface area contributed by atoms with Crippen LogP contribution < -0.4 is 0 Å². The molecule has 7 nitrogen and oxygen atoms in total. The van der Waals surface area contributed by atoms with Crippen LogP contribution in [0.25, 0.3) is 0 Å². The zero-order valence-corrected chi connectivity index (χ0v) is 11.0. The molecule has 1 aliphatic heterocycles. The molecule has 1 aliphatic rings.